The summed E-state index contributed by atoms with van der Waals surface area (Å²) in [7, 11) is 0. The highest BCUT2D eigenvalue weighted by atomic mass is 79.9. The molecule has 0 radical (unpaired) electrons. The maximum atomic E-state index is 11.1. The first-order valence-corrected chi connectivity index (χ1v) is 7.61. The van der Waals surface area contributed by atoms with Crippen LogP contribution in [0, 0.1) is 12.8 Å². The van der Waals surface area contributed by atoms with Crippen LogP contribution in [0.5, 0.6) is 0 Å². The van der Waals surface area contributed by atoms with Crippen molar-refractivity contribution in [1.29, 1.82) is 0 Å². The fourth-order valence-electron chi connectivity index (χ4n) is 2.45. The molecule has 3 rings (SSSR count). The Morgan fingerprint density at radius 1 is 1.52 bits per heavy atom. The van der Waals surface area contributed by atoms with Crippen LogP contribution in [0.2, 0.25) is 0 Å². The van der Waals surface area contributed by atoms with Crippen molar-refractivity contribution in [3.05, 3.63) is 28.2 Å². The van der Waals surface area contributed by atoms with Crippen molar-refractivity contribution in [3.8, 4) is 11.4 Å². The Morgan fingerprint density at radius 2 is 2.29 bits per heavy atom. The molecule has 0 saturated heterocycles. The highest BCUT2D eigenvalue weighted by Gasteiger charge is 2.36. The quantitative estimate of drug-likeness (QED) is 0.896. The zero-order chi connectivity index (χ0) is 15.0. The largest absolute Gasteiger partial charge is 0.481 e. The molecule has 1 N–H and O–H groups in total. The van der Waals surface area contributed by atoms with E-state index in [4.69, 9.17) is 5.11 Å². The van der Waals surface area contributed by atoms with Gasteiger partial charge in [-0.15, -0.1) is 5.10 Å². The van der Waals surface area contributed by atoms with E-state index < -0.39 is 5.97 Å². The number of tetrazole rings is 1. The van der Waals surface area contributed by atoms with E-state index in [0.717, 1.165) is 28.4 Å². The van der Waals surface area contributed by atoms with Gasteiger partial charge in [-0.3, -0.25) is 4.79 Å². The van der Waals surface area contributed by atoms with Crippen LogP contribution in [0.3, 0.4) is 0 Å². The molecule has 1 aromatic heterocycles. The van der Waals surface area contributed by atoms with Crippen LogP contribution in [-0.4, -0.2) is 31.3 Å². The van der Waals surface area contributed by atoms with Crippen molar-refractivity contribution in [2.75, 3.05) is 0 Å². The summed E-state index contributed by atoms with van der Waals surface area (Å²) in [4.78, 5) is 11.1. The summed E-state index contributed by atoms with van der Waals surface area (Å²) < 4.78 is 2.65. The molecule has 7 heteroatoms. The van der Waals surface area contributed by atoms with E-state index >= 15 is 0 Å². The first-order valence-electron chi connectivity index (χ1n) is 6.82. The molecular formula is C14H15BrN4O2. The lowest BCUT2D eigenvalue weighted by molar-refractivity contribution is -0.138. The van der Waals surface area contributed by atoms with Gasteiger partial charge in [0.25, 0.3) is 0 Å². The summed E-state index contributed by atoms with van der Waals surface area (Å²) in [6.45, 7) is 2.01. The molecule has 1 aromatic carbocycles. The molecule has 1 heterocycles. The molecule has 0 spiro atoms. The van der Waals surface area contributed by atoms with Gasteiger partial charge in [0.15, 0.2) is 5.82 Å². The van der Waals surface area contributed by atoms with E-state index in [1.807, 2.05) is 25.1 Å². The fraction of sp³-hybridized carbons (Fsp3) is 0.429. The van der Waals surface area contributed by atoms with Crippen molar-refractivity contribution in [2.45, 2.75) is 32.2 Å². The van der Waals surface area contributed by atoms with E-state index in [1.165, 1.54) is 0 Å². The van der Waals surface area contributed by atoms with Crippen molar-refractivity contribution in [1.82, 2.24) is 20.2 Å². The molecule has 0 aliphatic heterocycles. The molecule has 1 aliphatic rings. The predicted octanol–water partition coefficient (Wildman–Crippen LogP) is 2.84. The topological polar surface area (TPSA) is 80.9 Å². The molecule has 6 nitrogen and oxygen atoms in total. The summed E-state index contributed by atoms with van der Waals surface area (Å²) in [5.74, 6) is 0.157. The van der Waals surface area contributed by atoms with Crippen LogP contribution in [-0.2, 0) is 4.79 Å². The van der Waals surface area contributed by atoms with Gasteiger partial charge in [-0.25, -0.2) is 4.68 Å². The number of rotatable bonds is 5. The Kier molecular flexibility index (Phi) is 3.75. The lowest BCUT2D eigenvalue weighted by Gasteiger charge is -2.16. The second-order valence-corrected chi connectivity index (χ2v) is 6.27. The smallest absolute Gasteiger partial charge is 0.305 e. The second kappa shape index (κ2) is 5.55. The number of carboxylic acid groups (broad SMARTS) is 1. The lowest BCUT2D eigenvalue weighted by atomic mass is 10.1. The van der Waals surface area contributed by atoms with Crippen molar-refractivity contribution in [3.63, 3.8) is 0 Å². The van der Waals surface area contributed by atoms with Gasteiger partial charge in [0.2, 0.25) is 0 Å². The van der Waals surface area contributed by atoms with E-state index in [0.29, 0.717) is 11.7 Å². The first kappa shape index (κ1) is 14.2. The Hall–Kier alpha value is -1.76. The maximum absolute atomic E-state index is 11.1. The molecule has 110 valence electrons. The van der Waals surface area contributed by atoms with Crippen molar-refractivity contribution >= 4 is 21.9 Å². The van der Waals surface area contributed by atoms with Crippen molar-refractivity contribution in [2.24, 2.45) is 5.92 Å². The first-order chi connectivity index (χ1) is 10.1. The average Bonchev–Trinajstić information content (AvgIpc) is 3.16. The molecule has 1 fully saturated rings. The van der Waals surface area contributed by atoms with Crippen LogP contribution in [0.25, 0.3) is 11.4 Å². The molecule has 1 aliphatic carbocycles. The number of aliphatic carboxylic acids is 1. The lowest BCUT2D eigenvalue weighted by Crippen LogP contribution is -2.18. The highest BCUT2D eigenvalue weighted by Crippen LogP contribution is 2.42. The van der Waals surface area contributed by atoms with Crippen LogP contribution >= 0.6 is 15.9 Å². The number of carbonyl (C=O) groups is 1. The minimum Gasteiger partial charge on any atom is -0.481 e. The second-order valence-electron chi connectivity index (χ2n) is 5.41. The average molecular weight is 351 g/mol. The molecular weight excluding hydrogens is 336 g/mol. The Bertz CT molecular complexity index is 681. The fourth-order valence-corrected chi connectivity index (χ4v) is 2.83. The number of benzene rings is 1. The van der Waals surface area contributed by atoms with Crippen LogP contribution < -0.4 is 0 Å². The summed E-state index contributed by atoms with van der Waals surface area (Å²) in [5.41, 5.74) is 2.01. The summed E-state index contributed by atoms with van der Waals surface area (Å²) in [5, 5.41) is 21.0. The van der Waals surface area contributed by atoms with Gasteiger partial charge in [0.1, 0.15) is 0 Å². The van der Waals surface area contributed by atoms with Crippen LogP contribution in [0.4, 0.5) is 0 Å². The number of hydrogen-bond donors (Lipinski definition) is 1. The monoisotopic (exact) mass is 350 g/mol. The van der Waals surface area contributed by atoms with Crippen LogP contribution in [0.1, 0.15) is 30.9 Å². The zero-order valence-corrected chi connectivity index (χ0v) is 13.1. The number of halogens is 1. The Labute approximate surface area is 130 Å². The van der Waals surface area contributed by atoms with Gasteiger partial charge in [0, 0.05) is 10.0 Å². The van der Waals surface area contributed by atoms with Gasteiger partial charge in [0.05, 0.1) is 12.5 Å². The molecule has 1 atom stereocenters. The van der Waals surface area contributed by atoms with Gasteiger partial charge >= 0.3 is 5.97 Å². The molecule has 21 heavy (non-hydrogen) atoms. The van der Waals surface area contributed by atoms with Gasteiger partial charge in [-0.1, -0.05) is 28.1 Å². The van der Waals surface area contributed by atoms with E-state index in [-0.39, 0.29) is 12.5 Å². The zero-order valence-electron chi connectivity index (χ0n) is 11.5. The van der Waals surface area contributed by atoms with E-state index in [2.05, 4.69) is 31.5 Å². The maximum Gasteiger partial charge on any atom is 0.305 e. The summed E-state index contributed by atoms with van der Waals surface area (Å²) in [6.07, 6.45) is 2.12. The molecule has 1 unspecified atom stereocenters. The number of carboxylic acids is 1. The summed E-state index contributed by atoms with van der Waals surface area (Å²) in [6, 6.07) is 5.73. The minimum atomic E-state index is -0.821. The van der Waals surface area contributed by atoms with Gasteiger partial charge in [-0.2, -0.15) is 0 Å². The van der Waals surface area contributed by atoms with E-state index in [9.17, 15) is 4.79 Å². The Balaban J connectivity index is 1.98. The molecule has 2 aromatic rings. The van der Waals surface area contributed by atoms with Gasteiger partial charge in [-0.05, 0) is 47.7 Å². The number of nitrogens with zero attached hydrogens (tertiary/aromatic N) is 4. The standard InChI is InChI=1S/C14H15BrN4O2/c1-8-2-3-10(6-11(8)15)14-16-17-18-19(14)12(7-13(20)21)9-4-5-9/h2-3,6,9,12H,4-5,7H2,1H3,(H,20,21). The predicted molar refractivity (Wildman–Crippen MR) is 79.7 cm³/mol. The third-order valence-corrected chi connectivity index (χ3v) is 4.64. The minimum absolute atomic E-state index is 0.0513. The normalized spacial score (nSPS) is 15.9. The van der Waals surface area contributed by atoms with Gasteiger partial charge < -0.3 is 5.11 Å². The molecule has 0 bridgehead atoms. The molecule has 1 saturated carbocycles. The Morgan fingerprint density at radius 3 is 2.90 bits per heavy atom. The summed E-state index contributed by atoms with van der Waals surface area (Å²) >= 11 is 3.50. The molecule has 0 amide bonds. The third-order valence-electron chi connectivity index (χ3n) is 3.79. The SMILES string of the molecule is Cc1ccc(-c2nnnn2C(CC(=O)O)C2CC2)cc1Br. The van der Waals surface area contributed by atoms with Crippen molar-refractivity contribution < 1.29 is 9.90 Å². The highest BCUT2D eigenvalue weighted by molar-refractivity contribution is 9.10. The third kappa shape index (κ3) is 2.97. The van der Waals surface area contributed by atoms with Crippen LogP contribution in [0.15, 0.2) is 22.7 Å². The van der Waals surface area contributed by atoms with E-state index in [1.54, 1.807) is 4.68 Å². The number of aromatic nitrogens is 4. The number of hydrogen-bond acceptors (Lipinski definition) is 4. The number of aryl methyl sites for hydroxylation is 1.